The predicted molar refractivity (Wildman–Crippen MR) is 177 cm³/mol. The molecule has 41 heavy (non-hydrogen) atoms. The fourth-order valence-electron chi connectivity index (χ4n) is 5.86. The first-order valence-electron chi connectivity index (χ1n) is 15.2. The lowest BCUT2D eigenvalue weighted by Gasteiger charge is -2.38. The molecule has 1 unspecified atom stereocenters. The summed E-state index contributed by atoms with van der Waals surface area (Å²) in [7, 11) is 0. The Balaban J connectivity index is 0.00000189. The van der Waals surface area contributed by atoms with Gasteiger partial charge in [-0.15, -0.1) is 0 Å². The minimum absolute atomic E-state index is 0.309. The van der Waals surface area contributed by atoms with Crippen molar-refractivity contribution >= 4 is 23.0 Å². The molecule has 0 radical (unpaired) electrons. The monoisotopic (exact) mass is 570 g/mol. The Hall–Kier alpha value is -3.08. The third kappa shape index (κ3) is 7.81. The molecule has 0 bridgehead atoms. The Morgan fingerprint density at radius 3 is 2.49 bits per heavy atom. The molecule has 0 spiro atoms. The number of halogens is 1. The van der Waals surface area contributed by atoms with E-state index in [1.54, 1.807) is 0 Å². The normalized spacial score (nSPS) is 14.3. The first kappa shape index (κ1) is 30.9. The zero-order valence-corrected chi connectivity index (χ0v) is 26.6. The highest BCUT2D eigenvalue weighted by Crippen LogP contribution is 2.35. The van der Waals surface area contributed by atoms with E-state index in [-0.39, 0.29) is 0 Å². The van der Waals surface area contributed by atoms with Crippen LogP contribution >= 0.6 is 11.6 Å². The number of nitrogens with zero attached hydrogens (tertiary/aromatic N) is 2. The number of nitrogens with one attached hydrogen (secondary N) is 2. The summed E-state index contributed by atoms with van der Waals surface area (Å²) in [6.07, 6.45) is 4.18. The third-order valence-corrected chi connectivity index (χ3v) is 8.50. The molecule has 0 saturated heterocycles. The smallest absolute Gasteiger partial charge is 0.139 e. The molecule has 3 aromatic carbocycles. The first-order chi connectivity index (χ1) is 19.7. The largest absolute Gasteiger partial charge is 0.355 e. The minimum atomic E-state index is 0.309. The number of rotatable bonds is 9. The maximum absolute atomic E-state index is 6.63. The summed E-state index contributed by atoms with van der Waals surface area (Å²) >= 11 is 6.63. The topological polar surface area (TPSA) is 44.0 Å². The Morgan fingerprint density at radius 1 is 1.00 bits per heavy atom. The summed E-state index contributed by atoms with van der Waals surface area (Å²) in [5, 5.41) is 4.37. The second-order valence-corrected chi connectivity index (χ2v) is 12.7. The number of benzene rings is 3. The quantitative estimate of drug-likeness (QED) is 0.210. The Morgan fingerprint density at radius 2 is 1.76 bits per heavy atom. The fourth-order valence-corrected chi connectivity index (χ4v) is 6.07. The van der Waals surface area contributed by atoms with Crippen molar-refractivity contribution in [2.45, 2.75) is 67.9 Å². The average molecular weight is 571 g/mol. The lowest BCUT2D eigenvalue weighted by molar-refractivity contribution is 0.132. The summed E-state index contributed by atoms with van der Waals surface area (Å²) in [6, 6.07) is 22.9. The summed E-state index contributed by atoms with van der Waals surface area (Å²) < 4.78 is 0. The zero-order chi connectivity index (χ0) is 29.6. The highest BCUT2D eigenvalue weighted by molar-refractivity contribution is 6.33. The van der Waals surface area contributed by atoms with Crippen LogP contribution in [0.25, 0.3) is 22.6 Å². The van der Waals surface area contributed by atoms with Gasteiger partial charge in [-0.2, -0.15) is 0 Å². The van der Waals surface area contributed by atoms with Crippen molar-refractivity contribution in [1.29, 1.82) is 0 Å². The van der Waals surface area contributed by atoms with Gasteiger partial charge in [-0.05, 0) is 71.0 Å². The van der Waals surface area contributed by atoms with Gasteiger partial charge in [0.15, 0.2) is 0 Å². The van der Waals surface area contributed by atoms with E-state index in [9.17, 15) is 0 Å². The molecule has 218 valence electrons. The highest BCUT2D eigenvalue weighted by atomic mass is 35.5. The van der Waals surface area contributed by atoms with Crippen LogP contribution in [0.1, 0.15) is 66.0 Å². The van der Waals surface area contributed by atoms with Crippen LogP contribution in [0.3, 0.4) is 0 Å². The molecule has 4 nitrogen and oxygen atoms in total. The molecule has 2 N–H and O–H groups in total. The van der Waals surface area contributed by atoms with Crippen LogP contribution < -0.4 is 5.32 Å². The first-order valence-corrected chi connectivity index (χ1v) is 15.6. The van der Waals surface area contributed by atoms with Crippen molar-refractivity contribution < 1.29 is 0 Å². The molecule has 1 atom stereocenters. The van der Waals surface area contributed by atoms with Gasteiger partial charge in [-0.3, -0.25) is 4.90 Å². The molecular weight excluding hydrogens is 524 g/mol. The number of anilines is 2. The molecular formula is C36H47ClN4. The third-order valence-electron chi connectivity index (χ3n) is 8.17. The molecule has 0 fully saturated rings. The zero-order valence-electron chi connectivity index (χ0n) is 25.9. The molecule has 0 saturated carbocycles. The molecule has 5 rings (SSSR count). The number of hydrogen-bond acceptors (Lipinski definition) is 3. The lowest BCUT2D eigenvalue weighted by Crippen LogP contribution is -2.39. The number of hydrogen-bond donors (Lipinski definition) is 2. The van der Waals surface area contributed by atoms with Crippen LogP contribution in [-0.4, -0.2) is 28.0 Å². The van der Waals surface area contributed by atoms with Gasteiger partial charge in [0.2, 0.25) is 0 Å². The van der Waals surface area contributed by atoms with Crippen molar-refractivity contribution in [3.8, 4) is 22.6 Å². The average Bonchev–Trinajstić information content (AvgIpc) is 3.45. The van der Waals surface area contributed by atoms with Crippen LogP contribution in [0, 0.1) is 17.3 Å². The Kier molecular flexibility index (Phi) is 10.3. The fraction of sp³-hybridized carbons (Fsp3) is 0.417. The van der Waals surface area contributed by atoms with Crippen molar-refractivity contribution in [1.82, 2.24) is 14.9 Å². The summed E-state index contributed by atoms with van der Waals surface area (Å²) in [5.74, 6) is 2.23. The molecule has 4 aromatic rings. The minimum Gasteiger partial charge on any atom is -0.355 e. The van der Waals surface area contributed by atoms with Gasteiger partial charge < -0.3 is 10.3 Å². The Bertz CT molecular complexity index is 1410. The van der Waals surface area contributed by atoms with Crippen LogP contribution in [0.2, 0.25) is 5.02 Å². The van der Waals surface area contributed by atoms with E-state index in [1.165, 1.54) is 23.2 Å². The van der Waals surface area contributed by atoms with Gasteiger partial charge in [0.25, 0.3) is 0 Å². The van der Waals surface area contributed by atoms with Gasteiger partial charge in [0.1, 0.15) is 5.82 Å². The number of imidazole rings is 1. The molecule has 5 heteroatoms. The van der Waals surface area contributed by atoms with E-state index in [0.717, 1.165) is 66.2 Å². The molecule has 2 heterocycles. The van der Waals surface area contributed by atoms with Crippen LogP contribution in [-0.2, 0) is 13.0 Å². The van der Waals surface area contributed by atoms with Gasteiger partial charge in [-0.25, -0.2) is 4.98 Å². The van der Waals surface area contributed by atoms with E-state index < -0.39 is 0 Å². The van der Waals surface area contributed by atoms with E-state index in [1.807, 2.05) is 50.4 Å². The van der Waals surface area contributed by atoms with Crippen LogP contribution in [0.15, 0.2) is 72.9 Å². The van der Waals surface area contributed by atoms with Crippen molar-refractivity contribution in [3.63, 3.8) is 0 Å². The number of aromatic amines is 1. The summed E-state index contributed by atoms with van der Waals surface area (Å²) in [6.45, 7) is 19.2. The second kappa shape index (κ2) is 13.7. The lowest BCUT2D eigenvalue weighted by atomic mass is 9.78. The number of aromatic nitrogens is 2. The standard InChI is InChI=1S/C34H41ClN4.C2H6/c1-23(2)24(3)19-34(4,5)22-39-17-16-28-26(21-39)12-9-13-31(28)37-27-14-15-30(35)29(18-27)33-36-20-32(38-33)25-10-7-6-8-11-25;1-2/h6-15,18,20,23-24,37H,16-17,19,21-22H2,1-5H3,(H,36,38);1-2H3. The molecule has 0 amide bonds. The van der Waals surface area contributed by atoms with Crippen molar-refractivity contribution in [2.24, 2.45) is 17.3 Å². The number of H-pyrrole nitrogens is 1. The van der Waals surface area contributed by atoms with E-state index in [2.05, 4.69) is 91.2 Å². The highest BCUT2D eigenvalue weighted by Gasteiger charge is 2.28. The van der Waals surface area contributed by atoms with Gasteiger partial charge in [0, 0.05) is 36.6 Å². The molecule has 1 aromatic heterocycles. The molecule has 1 aliphatic rings. The van der Waals surface area contributed by atoms with Crippen molar-refractivity contribution in [2.75, 3.05) is 18.4 Å². The SMILES string of the molecule is CC.CC(C)C(C)CC(C)(C)CN1CCc2c(cccc2Nc2ccc(Cl)c(-c3ncc(-c4ccccc4)[nH]3)c2)C1. The van der Waals surface area contributed by atoms with Gasteiger partial charge in [-0.1, -0.05) is 103 Å². The van der Waals surface area contributed by atoms with E-state index >= 15 is 0 Å². The van der Waals surface area contributed by atoms with Crippen molar-refractivity contribution in [3.05, 3.63) is 89.1 Å². The predicted octanol–water partition coefficient (Wildman–Crippen LogP) is 10.2. The van der Waals surface area contributed by atoms with Gasteiger partial charge >= 0.3 is 0 Å². The van der Waals surface area contributed by atoms with Crippen LogP contribution in [0.5, 0.6) is 0 Å². The van der Waals surface area contributed by atoms with Gasteiger partial charge in [0.05, 0.1) is 16.9 Å². The Labute approximate surface area is 252 Å². The maximum Gasteiger partial charge on any atom is 0.139 e. The van der Waals surface area contributed by atoms with E-state index in [0.29, 0.717) is 10.4 Å². The number of fused-ring (bicyclic) bond motifs is 1. The maximum atomic E-state index is 6.63. The second-order valence-electron chi connectivity index (χ2n) is 12.3. The van der Waals surface area contributed by atoms with E-state index in [4.69, 9.17) is 11.6 Å². The summed E-state index contributed by atoms with van der Waals surface area (Å²) in [5.41, 5.74) is 8.30. The summed E-state index contributed by atoms with van der Waals surface area (Å²) in [4.78, 5) is 10.7. The molecule has 0 aliphatic carbocycles. The molecule has 1 aliphatic heterocycles. The van der Waals surface area contributed by atoms with Crippen LogP contribution in [0.4, 0.5) is 11.4 Å².